The summed E-state index contributed by atoms with van der Waals surface area (Å²) < 4.78 is 24.6. The molecule has 3 rings (SSSR count). The zero-order chi connectivity index (χ0) is 16.8. The quantitative estimate of drug-likeness (QED) is 0.706. The lowest BCUT2D eigenvalue weighted by atomic mass is 9.80. The van der Waals surface area contributed by atoms with Gasteiger partial charge in [0.15, 0.2) is 6.29 Å². The van der Waals surface area contributed by atoms with Crippen LogP contribution in [0.4, 0.5) is 4.39 Å². The van der Waals surface area contributed by atoms with Gasteiger partial charge in [-0.3, -0.25) is 4.39 Å². The van der Waals surface area contributed by atoms with Crippen molar-refractivity contribution in [2.24, 2.45) is 11.8 Å². The Kier molecular flexibility index (Phi) is 6.67. The van der Waals surface area contributed by atoms with Crippen LogP contribution in [0, 0.1) is 11.8 Å². The minimum absolute atomic E-state index is 0.0491. The van der Waals surface area contributed by atoms with Crippen LogP contribution in [-0.4, -0.2) is 26.2 Å². The van der Waals surface area contributed by atoms with Crippen molar-refractivity contribution in [3.63, 3.8) is 0 Å². The molecule has 0 spiro atoms. The lowest BCUT2D eigenvalue weighted by Gasteiger charge is -2.37. The highest BCUT2D eigenvalue weighted by Gasteiger charge is 2.32. The number of alkyl halides is 1. The van der Waals surface area contributed by atoms with Gasteiger partial charge in [0.25, 0.3) is 0 Å². The van der Waals surface area contributed by atoms with Gasteiger partial charge in [0.1, 0.15) is 0 Å². The zero-order valence-corrected chi connectivity index (χ0v) is 14.9. The van der Waals surface area contributed by atoms with E-state index in [0.717, 1.165) is 51.7 Å². The van der Waals surface area contributed by atoms with E-state index in [1.54, 1.807) is 0 Å². The standard InChI is InChI=1S/C21H31FO2/c1-2-3-16-4-8-18(9-5-16)20-14-23-21(24-15-20)19-10-6-17(7-11-19)12-13-22/h4-5,8-9,17,19-21H,2-3,6-7,10-15H2,1H3. The van der Waals surface area contributed by atoms with Crippen LogP contribution in [0.3, 0.4) is 0 Å². The molecule has 2 aliphatic rings. The summed E-state index contributed by atoms with van der Waals surface area (Å²) in [5.41, 5.74) is 2.72. The first-order valence-corrected chi connectivity index (χ1v) is 9.68. The largest absolute Gasteiger partial charge is 0.352 e. The van der Waals surface area contributed by atoms with Crippen molar-refractivity contribution in [1.29, 1.82) is 0 Å². The molecular formula is C21H31FO2. The molecule has 0 radical (unpaired) electrons. The first-order valence-electron chi connectivity index (χ1n) is 9.68. The third-order valence-electron chi connectivity index (χ3n) is 5.71. The van der Waals surface area contributed by atoms with Gasteiger partial charge >= 0.3 is 0 Å². The van der Waals surface area contributed by atoms with Crippen molar-refractivity contribution >= 4 is 0 Å². The maximum atomic E-state index is 12.5. The average Bonchev–Trinajstić information content (AvgIpc) is 2.64. The van der Waals surface area contributed by atoms with E-state index in [1.807, 2.05) is 0 Å². The van der Waals surface area contributed by atoms with Crippen LogP contribution >= 0.6 is 0 Å². The molecule has 0 atom stereocenters. The molecule has 1 aliphatic carbocycles. The van der Waals surface area contributed by atoms with Gasteiger partial charge in [0.2, 0.25) is 0 Å². The fourth-order valence-corrected chi connectivity index (χ4v) is 4.13. The third kappa shape index (κ3) is 4.58. The lowest BCUT2D eigenvalue weighted by molar-refractivity contribution is -0.217. The SMILES string of the molecule is CCCc1ccc(C2COC(C3CCC(CCF)CC3)OC2)cc1. The molecule has 0 bridgehead atoms. The topological polar surface area (TPSA) is 18.5 Å². The highest BCUT2D eigenvalue weighted by atomic mass is 19.1. The van der Waals surface area contributed by atoms with Crippen molar-refractivity contribution < 1.29 is 13.9 Å². The van der Waals surface area contributed by atoms with Crippen LogP contribution in [0.1, 0.15) is 62.5 Å². The van der Waals surface area contributed by atoms with Gasteiger partial charge in [-0.2, -0.15) is 0 Å². The average molecular weight is 334 g/mol. The number of aryl methyl sites for hydroxylation is 1. The van der Waals surface area contributed by atoms with E-state index in [-0.39, 0.29) is 13.0 Å². The van der Waals surface area contributed by atoms with Crippen molar-refractivity contribution in [3.05, 3.63) is 35.4 Å². The Morgan fingerprint density at radius 2 is 1.67 bits per heavy atom. The summed E-state index contributed by atoms with van der Waals surface area (Å²) in [6, 6.07) is 8.92. The van der Waals surface area contributed by atoms with Crippen LogP contribution in [0.15, 0.2) is 24.3 Å². The Bertz CT molecular complexity index is 471. The van der Waals surface area contributed by atoms with E-state index in [1.165, 1.54) is 17.5 Å². The molecule has 0 unspecified atom stereocenters. The molecule has 0 amide bonds. The Hall–Kier alpha value is -0.930. The molecule has 1 saturated carbocycles. The van der Waals surface area contributed by atoms with E-state index in [2.05, 4.69) is 31.2 Å². The maximum absolute atomic E-state index is 12.5. The molecule has 2 nitrogen and oxygen atoms in total. The van der Waals surface area contributed by atoms with Gasteiger partial charge in [-0.15, -0.1) is 0 Å². The maximum Gasteiger partial charge on any atom is 0.160 e. The van der Waals surface area contributed by atoms with Crippen LogP contribution in [0.5, 0.6) is 0 Å². The van der Waals surface area contributed by atoms with Gasteiger partial charge in [0, 0.05) is 11.8 Å². The molecule has 24 heavy (non-hydrogen) atoms. The lowest BCUT2D eigenvalue weighted by Crippen LogP contribution is -2.37. The first-order chi connectivity index (χ1) is 11.8. The van der Waals surface area contributed by atoms with E-state index in [9.17, 15) is 4.39 Å². The molecule has 3 heteroatoms. The van der Waals surface area contributed by atoms with Gasteiger partial charge in [-0.05, 0) is 55.6 Å². The van der Waals surface area contributed by atoms with E-state index in [0.29, 0.717) is 17.8 Å². The van der Waals surface area contributed by atoms with Crippen LogP contribution in [0.2, 0.25) is 0 Å². The smallest absolute Gasteiger partial charge is 0.160 e. The molecule has 1 heterocycles. The van der Waals surface area contributed by atoms with Gasteiger partial charge < -0.3 is 9.47 Å². The van der Waals surface area contributed by atoms with E-state index < -0.39 is 0 Å². The van der Waals surface area contributed by atoms with Gasteiger partial charge in [0.05, 0.1) is 19.9 Å². The second-order valence-electron chi connectivity index (χ2n) is 7.48. The second kappa shape index (κ2) is 8.96. The highest BCUT2D eigenvalue weighted by Crippen LogP contribution is 2.36. The minimum atomic E-state index is -0.176. The zero-order valence-electron chi connectivity index (χ0n) is 14.9. The van der Waals surface area contributed by atoms with Crippen LogP contribution < -0.4 is 0 Å². The Labute approximate surface area is 145 Å². The summed E-state index contributed by atoms with van der Waals surface area (Å²) in [5.74, 6) is 1.41. The summed E-state index contributed by atoms with van der Waals surface area (Å²) in [6.07, 6.45) is 7.49. The fourth-order valence-electron chi connectivity index (χ4n) is 4.13. The van der Waals surface area contributed by atoms with E-state index >= 15 is 0 Å². The summed E-state index contributed by atoms with van der Waals surface area (Å²) in [4.78, 5) is 0. The molecule has 1 aromatic carbocycles. The number of benzene rings is 1. The monoisotopic (exact) mass is 334 g/mol. The van der Waals surface area contributed by atoms with Crippen molar-refractivity contribution in [3.8, 4) is 0 Å². The normalized spacial score (nSPS) is 31.1. The number of rotatable bonds is 6. The molecule has 134 valence electrons. The third-order valence-corrected chi connectivity index (χ3v) is 5.71. The van der Waals surface area contributed by atoms with Crippen molar-refractivity contribution in [2.75, 3.05) is 19.9 Å². The summed E-state index contributed by atoms with van der Waals surface area (Å²) in [6.45, 7) is 3.54. The molecule has 1 aromatic rings. The Morgan fingerprint density at radius 1 is 1.00 bits per heavy atom. The fraction of sp³-hybridized carbons (Fsp3) is 0.714. The molecule has 1 saturated heterocycles. The molecular weight excluding hydrogens is 303 g/mol. The Balaban J connectivity index is 1.45. The summed E-state index contributed by atoms with van der Waals surface area (Å²) in [7, 11) is 0. The minimum Gasteiger partial charge on any atom is -0.352 e. The number of hydrogen-bond acceptors (Lipinski definition) is 2. The summed E-state index contributed by atoms with van der Waals surface area (Å²) in [5, 5.41) is 0. The molecule has 0 aromatic heterocycles. The number of hydrogen-bond donors (Lipinski definition) is 0. The van der Waals surface area contributed by atoms with Gasteiger partial charge in [-0.1, -0.05) is 37.6 Å². The van der Waals surface area contributed by atoms with Crippen molar-refractivity contribution in [2.45, 2.75) is 64.1 Å². The predicted octanol–water partition coefficient (Wildman–Crippen LogP) is 5.26. The second-order valence-corrected chi connectivity index (χ2v) is 7.48. The van der Waals surface area contributed by atoms with Crippen molar-refractivity contribution in [1.82, 2.24) is 0 Å². The number of halogens is 1. The van der Waals surface area contributed by atoms with Crippen LogP contribution in [0.25, 0.3) is 0 Å². The van der Waals surface area contributed by atoms with Gasteiger partial charge in [-0.25, -0.2) is 0 Å². The summed E-state index contributed by atoms with van der Waals surface area (Å²) >= 11 is 0. The number of ether oxygens (including phenoxy) is 2. The predicted molar refractivity (Wildman–Crippen MR) is 94.9 cm³/mol. The first kappa shape index (κ1) is 17.9. The Morgan fingerprint density at radius 3 is 2.25 bits per heavy atom. The van der Waals surface area contributed by atoms with Crippen LogP contribution in [-0.2, 0) is 15.9 Å². The molecule has 2 fully saturated rings. The van der Waals surface area contributed by atoms with E-state index in [4.69, 9.17) is 9.47 Å². The molecule has 0 N–H and O–H groups in total. The highest BCUT2D eigenvalue weighted by molar-refractivity contribution is 5.26. The molecule has 1 aliphatic heterocycles.